The Hall–Kier alpha value is -1.92. The van der Waals surface area contributed by atoms with Crippen molar-refractivity contribution >= 4 is 11.8 Å². The first kappa shape index (κ1) is 18.4. The number of ether oxygens (including phenoxy) is 1. The van der Waals surface area contributed by atoms with Gasteiger partial charge >= 0.3 is 0 Å². The fraction of sp³-hybridized carbons (Fsp3) is 0.556. The number of nitrogens with zero attached hydrogens (tertiary/aromatic N) is 1. The number of amides is 2. The highest BCUT2D eigenvalue weighted by molar-refractivity contribution is 5.97. The van der Waals surface area contributed by atoms with Crippen LogP contribution in [0.1, 0.15) is 24.2 Å². The molecular formula is C18H27N3O3. The molecule has 0 spiro atoms. The van der Waals surface area contributed by atoms with Gasteiger partial charge in [0.15, 0.2) is 0 Å². The van der Waals surface area contributed by atoms with Crippen molar-refractivity contribution in [2.24, 2.45) is 5.92 Å². The average Bonchev–Trinajstić information content (AvgIpc) is 2.60. The van der Waals surface area contributed by atoms with Crippen LogP contribution in [0.15, 0.2) is 30.3 Å². The fourth-order valence-corrected chi connectivity index (χ4v) is 2.62. The third-order valence-corrected chi connectivity index (χ3v) is 4.10. The lowest BCUT2D eigenvalue weighted by Gasteiger charge is -2.27. The van der Waals surface area contributed by atoms with Gasteiger partial charge in [-0.15, -0.1) is 0 Å². The third kappa shape index (κ3) is 5.62. The van der Waals surface area contributed by atoms with Crippen LogP contribution in [0, 0.1) is 5.92 Å². The highest BCUT2D eigenvalue weighted by atomic mass is 16.5. The Morgan fingerprint density at radius 1 is 1.17 bits per heavy atom. The maximum absolute atomic E-state index is 12.4. The molecule has 2 amide bonds. The van der Waals surface area contributed by atoms with Crippen LogP contribution in [0.2, 0.25) is 0 Å². The van der Waals surface area contributed by atoms with E-state index in [1.165, 1.54) is 0 Å². The highest BCUT2D eigenvalue weighted by Gasteiger charge is 2.24. The molecule has 1 atom stereocenters. The van der Waals surface area contributed by atoms with E-state index < -0.39 is 6.04 Å². The molecule has 6 nitrogen and oxygen atoms in total. The van der Waals surface area contributed by atoms with E-state index in [0.717, 1.165) is 32.8 Å². The second-order valence-electron chi connectivity index (χ2n) is 6.31. The van der Waals surface area contributed by atoms with E-state index in [2.05, 4.69) is 15.5 Å². The molecule has 1 aromatic carbocycles. The summed E-state index contributed by atoms with van der Waals surface area (Å²) in [6.45, 7) is 8.51. The van der Waals surface area contributed by atoms with Crippen LogP contribution in [0.3, 0.4) is 0 Å². The maximum Gasteiger partial charge on any atom is 0.251 e. The number of hydrogen-bond acceptors (Lipinski definition) is 4. The molecule has 1 saturated heterocycles. The van der Waals surface area contributed by atoms with Gasteiger partial charge in [-0.1, -0.05) is 32.0 Å². The zero-order valence-corrected chi connectivity index (χ0v) is 14.5. The molecule has 1 unspecified atom stereocenters. The Kier molecular flexibility index (Phi) is 7.21. The lowest BCUT2D eigenvalue weighted by atomic mass is 10.0. The van der Waals surface area contributed by atoms with Crippen molar-refractivity contribution in [2.75, 3.05) is 39.4 Å². The summed E-state index contributed by atoms with van der Waals surface area (Å²) in [6.07, 6.45) is 0. The van der Waals surface area contributed by atoms with Crippen LogP contribution >= 0.6 is 0 Å². The predicted molar refractivity (Wildman–Crippen MR) is 92.8 cm³/mol. The van der Waals surface area contributed by atoms with Crippen molar-refractivity contribution in [3.8, 4) is 0 Å². The lowest BCUT2D eigenvalue weighted by Crippen LogP contribution is -2.51. The number of morpholine rings is 1. The van der Waals surface area contributed by atoms with E-state index in [4.69, 9.17) is 4.74 Å². The molecule has 0 aliphatic carbocycles. The zero-order valence-electron chi connectivity index (χ0n) is 14.5. The third-order valence-electron chi connectivity index (χ3n) is 4.10. The topological polar surface area (TPSA) is 70.7 Å². The molecule has 1 aliphatic heterocycles. The quantitative estimate of drug-likeness (QED) is 0.777. The van der Waals surface area contributed by atoms with Crippen molar-refractivity contribution in [1.82, 2.24) is 15.5 Å². The summed E-state index contributed by atoms with van der Waals surface area (Å²) >= 11 is 0. The Bertz CT molecular complexity index is 528. The van der Waals surface area contributed by atoms with Gasteiger partial charge in [-0.05, 0) is 18.1 Å². The van der Waals surface area contributed by atoms with Gasteiger partial charge < -0.3 is 15.4 Å². The van der Waals surface area contributed by atoms with E-state index in [0.29, 0.717) is 12.1 Å². The van der Waals surface area contributed by atoms with Crippen molar-refractivity contribution in [2.45, 2.75) is 19.9 Å². The fourth-order valence-electron chi connectivity index (χ4n) is 2.62. The van der Waals surface area contributed by atoms with Gasteiger partial charge in [-0.2, -0.15) is 0 Å². The second-order valence-corrected chi connectivity index (χ2v) is 6.31. The van der Waals surface area contributed by atoms with Crippen LogP contribution in [-0.4, -0.2) is 62.1 Å². The van der Waals surface area contributed by atoms with E-state index in [1.54, 1.807) is 12.1 Å². The van der Waals surface area contributed by atoms with Crippen LogP contribution in [0.5, 0.6) is 0 Å². The number of hydrogen-bond donors (Lipinski definition) is 2. The first-order chi connectivity index (χ1) is 11.6. The minimum Gasteiger partial charge on any atom is -0.379 e. The van der Waals surface area contributed by atoms with Gasteiger partial charge in [0.1, 0.15) is 6.04 Å². The molecule has 1 fully saturated rings. The minimum atomic E-state index is -0.539. The summed E-state index contributed by atoms with van der Waals surface area (Å²) in [5.41, 5.74) is 0.560. The summed E-state index contributed by atoms with van der Waals surface area (Å²) in [6, 6.07) is 8.41. The summed E-state index contributed by atoms with van der Waals surface area (Å²) in [5.74, 6) is -0.346. The zero-order chi connectivity index (χ0) is 17.4. The minimum absolute atomic E-state index is 0.0149. The average molecular weight is 333 g/mol. The second kappa shape index (κ2) is 9.39. The number of carbonyl (C=O) groups excluding carboxylic acids is 2. The smallest absolute Gasteiger partial charge is 0.251 e. The summed E-state index contributed by atoms with van der Waals surface area (Å²) in [5, 5.41) is 5.77. The standard InChI is InChI=1S/C18H27N3O3/c1-14(2)16(20-17(22)15-6-4-3-5-7-15)18(23)19-8-9-21-10-12-24-13-11-21/h3-7,14,16H,8-13H2,1-2H3,(H,19,23)(H,20,22). The first-order valence-electron chi connectivity index (χ1n) is 8.51. The number of nitrogens with one attached hydrogen (secondary N) is 2. The normalized spacial score (nSPS) is 16.6. The number of rotatable bonds is 7. The highest BCUT2D eigenvalue weighted by Crippen LogP contribution is 2.05. The molecule has 132 valence electrons. The van der Waals surface area contributed by atoms with Crippen LogP contribution < -0.4 is 10.6 Å². The van der Waals surface area contributed by atoms with Gasteiger partial charge in [0.25, 0.3) is 5.91 Å². The Labute approximate surface area is 143 Å². The molecule has 0 aromatic heterocycles. The van der Waals surface area contributed by atoms with E-state index in [9.17, 15) is 9.59 Å². The summed E-state index contributed by atoms with van der Waals surface area (Å²) < 4.78 is 5.31. The molecular weight excluding hydrogens is 306 g/mol. The lowest BCUT2D eigenvalue weighted by molar-refractivity contribution is -0.124. The SMILES string of the molecule is CC(C)C(NC(=O)c1ccccc1)C(=O)NCCN1CCOCC1. The first-order valence-corrected chi connectivity index (χ1v) is 8.51. The van der Waals surface area contributed by atoms with Crippen molar-refractivity contribution in [3.63, 3.8) is 0 Å². The van der Waals surface area contributed by atoms with Gasteiger partial charge in [-0.3, -0.25) is 14.5 Å². The van der Waals surface area contributed by atoms with Gasteiger partial charge in [0, 0.05) is 31.7 Å². The Morgan fingerprint density at radius 3 is 2.46 bits per heavy atom. The van der Waals surface area contributed by atoms with Crippen molar-refractivity contribution in [3.05, 3.63) is 35.9 Å². The molecule has 1 heterocycles. The molecule has 6 heteroatoms. The largest absolute Gasteiger partial charge is 0.379 e. The number of benzene rings is 1. The van der Waals surface area contributed by atoms with Crippen LogP contribution in [0.4, 0.5) is 0 Å². The van der Waals surface area contributed by atoms with Crippen molar-refractivity contribution < 1.29 is 14.3 Å². The van der Waals surface area contributed by atoms with Crippen LogP contribution in [0.25, 0.3) is 0 Å². The molecule has 2 rings (SSSR count). The molecule has 1 aromatic rings. The number of carbonyl (C=O) groups is 2. The maximum atomic E-state index is 12.4. The Balaban J connectivity index is 1.82. The van der Waals surface area contributed by atoms with E-state index >= 15 is 0 Å². The van der Waals surface area contributed by atoms with E-state index in [1.807, 2.05) is 32.0 Å². The molecule has 1 aliphatic rings. The van der Waals surface area contributed by atoms with Crippen molar-refractivity contribution in [1.29, 1.82) is 0 Å². The van der Waals surface area contributed by atoms with E-state index in [-0.39, 0.29) is 17.7 Å². The van der Waals surface area contributed by atoms with Gasteiger partial charge in [-0.25, -0.2) is 0 Å². The molecule has 0 radical (unpaired) electrons. The van der Waals surface area contributed by atoms with Crippen LogP contribution in [-0.2, 0) is 9.53 Å². The molecule has 0 saturated carbocycles. The summed E-state index contributed by atoms with van der Waals surface area (Å²) in [4.78, 5) is 27.0. The van der Waals surface area contributed by atoms with Gasteiger partial charge in [0.05, 0.1) is 13.2 Å². The Morgan fingerprint density at radius 2 is 1.83 bits per heavy atom. The van der Waals surface area contributed by atoms with Gasteiger partial charge in [0.2, 0.25) is 5.91 Å². The predicted octanol–water partition coefficient (Wildman–Crippen LogP) is 0.889. The molecule has 24 heavy (non-hydrogen) atoms. The summed E-state index contributed by atoms with van der Waals surface area (Å²) in [7, 11) is 0. The molecule has 0 bridgehead atoms. The molecule has 2 N–H and O–H groups in total. The monoisotopic (exact) mass is 333 g/mol.